The lowest BCUT2D eigenvalue weighted by molar-refractivity contribution is 0.0728. The predicted octanol–water partition coefficient (Wildman–Crippen LogP) is 4.75. The second-order valence-corrected chi connectivity index (χ2v) is 7.54. The van der Waals surface area contributed by atoms with Crippen LogP contribution in [0.5, 0.6) is 23.0 Å². The van der Waals surface area contributed by atoms with Gasteiger partial charge < -0.3 is 23.7 Å². The molecule has 3 aromatic carbocycles. The second-order valence-electron chi connectivity index (χ2n) is 7.54. The molecular weight excluding hydrogens is 452 g/mol. The van der Waals surface area contributed by atoms with Crippen LogP contribution in [0, 0.1) is 0 Å². The van der Waals surface area contributed by atoms with Gasteiger partial charge in [-0.15, -0.1) is 0 Å². The number of hydrogen-bond acceptors (Lipinski definition) is 8. The lowest BCUT2D eigenvalue weighted by atomic mass is 10.2. The van der Waals surface area contributed by atoms with Gasteiger partial charge in [-0.3, -0.25) is 4.79 Å². The summed E-state index contributed by atoms with van der Waals surface area (Å²) in [4.78, 5) is 35.7. The van der Waals surface area contributed by atoms with Crippen LogP contribution >= 0.6 is 0 Å². The average Bonchev–Trinajstić information content (AvgIpc) is 2.89. The molecule has 0 saturated heterocycles. The summed E-state index contributed by atoms with van der Waals surface area (Å²) in [7, 11) is 3.10. The van der Waals surface area contributed by atoms with E-state index < -0.39 is 11.9 Å². The van der Waals surface area contributed by atoms with Crippen LogP contribution in [0.2, 0.25) is 0 Å². The number of hydrogen-bond donors (Lipinski definition) is 0. The van der Waals surface area contributed by atoms with Crippen LogP contribution in [0.1, 0.15) is 44.4 Å². The normalized spacial score (nSPS) is 11.3. The minimum absolute atomic E-state index is 0.0781. The molecular formula is C27H26O8. The fourth-order valence-corrected chi connectivity index (χ4v) is 2.99. The van der Waals surface area contributed by atoms with E-state index in [4.69, 9.17) is 23.7 Å². The van der Waals surface area contributed by atoms with Gasteiger partial charge in [0.1, 0.15) is 34.8 Å². The van der Waals surface area contributed by atoms with Crippen LogP contribution in [0.4, 0.5) is 0 Å². The van der Waals surface area contributed by atoms with Gasteiger partial charge in [0.2, 0.25) is 0 Å². The molecule has 0 fully saturated rings. The molecule has 3 aromatic rings. The van der Waals surface area contributed by atoms with Crippen molar-refractivity contribution < 1.29 is 38.1 Å². The Balaban J connectivity index is 1.60. The first kappa shape index (κ1) is 25.5. The molecule has 8 heteroatoms. The molecule has 0 aromatic heterocycles. The van der Waals surface area contributed by atoms with Crippen molar-refractivity contribution in [1.82, 2.24) is 0 Å². The van der Waals surface area contributed by atoms with E-state index in [1.165, 1.54) is 43.5 Å². The van der Waals surface area contributed by atoms with E-state index in [1.807, 2.05) is 6.92 Å². The Kier molecular flexibility index (Phi) is 8.97. The number of carbonyl (C=O) groups excluding carboxylic acids is 3. The minimum Gasteiger partial charge on any atom is -0.496 e. The summed E-state index contributed by atoms with van der Waals surface area (Å²) in [5.74, 6) is 0.228. The molecule has 1 unspecified atom stereocenters. The zero-order valence-electron chi connectivity index (χ0n) is 19.7. The van der Waals surface area contributed by atoms with Crippen molar-refractivity contribution in [1.29, 1.82) is 0 Å². The molecule has 3 rings (SSSR count). The summed E-state index contributed by atoms with van der Waals surface area (Å²) in [5, 5.41) is 0. The molecule has 0 aliphatic rings. The van der Waals surface area contributed by atoms with Gasteiger partial charge in [0.15, 0.2) is 0 Å². The first-order valence-electron chi connectivity index (χ1n) is 10.9. The number of methoxy groups -OCH3 is 2. The first-order chi connectivity index (χ1) is 16.9. The van der Waals surface area contributed by atoms with E-state index in [-0.39, 0.29) is 23.0 Å². The van der Waals surface area contributed by atoms with Gasteiger partial charge in [-0.25, -0.2) is 9.59 Å². The summed E-state index contributed by atoms with van der Waals surface area (Å²) in [6.45, 7) is 2.41. The quantitative estimate of drug-likeness (QED) is 0.221. The van der Waals surface area contributed by atoms with Crippen molar-refractivity contribution in [3.05, 3.63) is 83.4 Å². The highest BCUT2D eigenvalue weighted by atomic mass is 16.5. The average molecular weight is 478 g/mol. The monoisotopic (exact) mass is 478 g/mol. The van der Waals surface area contributed by atoms with Crippen molar-refractivity contribution >= 4 is 18.2 Å². The number of ether oxygens (including phenoxy) is 5. The summed E-state index contributed by atoms with van der Waals surface area (Å²) in [6.07, 6.45) is 1.50. The minimum atomic E-state index is -0.619. The number of esters is 2. The van der Waals surface area contributed by atoms with Gasteiger partial charge >= 0.3 is 11.9 Å². The summed E-state index contributed by atoms with van der Waals surface area (Å²) in [6, 6.07) is 17.0. The molecule has 0 heterocycles. The largest absolute Gasteiger partial charge is 0.496 e. The van der Waals surface area contributed by atoms with Gasteiger partial charge in [0.05, 0.1) is 25.4 Å². The van der Waals surface area contributed by atoms with Crippen molar-refractivity contribution in [3.8, 4) is 23.0 Å². The van der Waals surface area contributed by atoms with Crippen LogP contribution in [-0.4, -0.2) is 45.2 Å². The number of carbonyl (C=O) groups is 3. The molecule has 0 amide bonds. The zero-order chi connectivity index (χ0) is 25.2. The van der Waals surface area contributed by atoms with Crippen molar-refractivity contribution in [2.75, 3.05) is 20.8 Å². The Labute approximate surface area is 203 Å². The topological polar surface area (TPSA) is 97.4 Å². The van der Waals surface area contributed by atoms with E-state index in [0.29, 0.717) is 35.7 Å². The maximum absolute atomic E-state index is 12.7. The smallest absolute Gasteiger partial charge is 0.347 e. The number of rotatable bonds is 11. The molecule has 0 aliphatic heterocycles. The van der Waals surface area contributed by atoms with Crippen LogP contribution < -0.4 is 18.9 Å². The molecule has 0 aliphatic carbocycles. The molecule has 0 spiro atoms. The van der Waals surface area contributed by atoms with Gasteiger partial charge in [0.25, 0.3) is 0 Å². The van der Waals surface area contributed by atoms with Crippen molar-refractivity contribution in [2.45, 2.75) is 19.4 Å². The van der Waals surface area contributed by atoms with Crippen LogP contribution in [0.3, 0.4) is 0 Å². The lowest BCUT2D eigenvalue weighted by Crippen LogP contribution is -2.12. The fraction of sp³-hybridized carbons (Fsp3) is 0.222. The molecule has 8 nitrogen and oxygen atoms in total. The van der Waals surface area contributed by atoms with E-state index in [1.54, 1.807) is 37.4 Å². The molecule has 0 saturated carbocycles. The van der Waals surface area contributed by atoms with E-state index >= 15 is 0 Å². The van der Waals surface area contributed by atoms with Gasteiger partial charge in [0, 0.05) is 25.2 Å². The summed E-state index contributed by atoms with van der Waals surface area (Å²) >= 11 is 0. The highest BCUT2D eigenvalue weighted by Gasteiger charge is 2.17. The van der Waals surface area contributed by atoms with Crippen molar-refractivity contribution in [2.24, 2.45) is 0 Å². The van der Waals surface area contributed by atoms with Crippen LogP contribution in [-0.2, 0) is 4.74 Å². The Morgan fingerprint density at radius 2 is 1.43 bits per heavy atom. The Bertz CT molecular complexity index is 1150. The number of benzene rings is 3. The van der Waals surface area contributed by atoms with E-state index in [9.17, 15) is 14.4 Å². The maximum Gasteiger partial charge on any atom is 0.347 e. The van der Waals surface area contributed by atoms with E-state index in [2.05, 4.69) is 0 Å². The number of aldehydes is 1. The lowest BCUT2D eigenvalue weighted by Gasteiger charge is -2.13. The second kappa shape index (κ2) is 12.3. The SMILES string of the molecule is COc1cc(OCCC(C)OC)ccc1C(=O)Oc1ccc(C(=O)Oc2ccc(C=O)cc2)cc1. The zero-order valence-corrected chi connectivity index (χ0v) is 19.7. The van der Waals surface area contributed by atoms with Crippen LogP contribution in [0.15, 0.2) is 66.7 Å². The molecule has 0 bridgehead atoms. The standard InChI is InChI=1S/C27H26O8/c1-18(31-2)14-15-33-23-12-13-24(25(16-23)32-3)27(30)35-22-10-6-20(7-11-22)26(29)34-21-8-4-19(17-28)5-9-21/h4-13,16-18H,14-15H2,1-3H3. The third kappa shape index (κ3) is 7.15. The fourth-order valence-electron chi connectivity index (χ4n) is 2.99. The third-order valence-corrected chi connectivity index (χ3v) is 5.12. The molecule has 0 N–H and O–H groups in total. The first-order valence-corrected chi connectivity index (χ1v) is 10.9. The predicted molar refractivity (Wildman–Crippen MR) is 128 cm³/mol. The molecule has 0 radical (unpaired) electrons. The maximum atomic E-state index is 12.7. The third-order valence-electron chi connectivity index (χ3n) is 5.12. The Morgan fingerprint density at radius 3 is 2.03 bits per heavy atom. The van der Waals surface area contributed by atoms with Gasteiger partial charge in [-0.05, 0) is 67.6 Å². The van der Waals surface area contributed by atoms with Crippen molar-refractivity contribution in [3.63, 3.8) is 0 Å². The summed E-state index contributed by atoms with van der Waals surface area (Å²) in [5.41, 5.74) is 0.977. The molecule has 35 heavy (non-hydrogen) atoms. The summed E-state index contributed by atoms with van der Waals surface area (Å²) < 4.78 is 26.9. The highest BCUT2D eigenvalue weighted by Crippen LogP contribution is 2.27. The highest BCUT2D eigenvalue weighted by molar-refractivity contribution is 5.95. The molecule has 182 valence electrons. The van der Waals surface area contributed by atoms with E-state index in [0.717, 1.165) is 6.42 Å². The van der Waals surface area contributed by atoms with Gasteiger partial charge in [-0.1, -0.05) is 0 Å². The molecule has 1 atom stereocenters. The Morgan fingerprint density at radius 1 is 0.829 bits per heavy atom. The Hall–Kier alpha value is -4.17. The van der Waals surface area contributed by atoms with Gasteiger partial charge in [-0.2, -0.15) is 0 Å². The van der Waals surface area contributed by atoms with Crippen LogP contribution in [0.25, 0.3) is 0 Å².